The second-order valence-electron chi connectivity index (χ2n) is 4.97. The van der Waals surface area contributed by atoms with Crippen LogP contribution in [0, 0.1) is 0 Å². The summed E-state index contributed by atoms with van der Waals surface area (Å²) in [6.45, 7) is 3.11. The second kappa shape index (κ2) is 9.07. The summed E-state index contributed by atoms with van der Waals surface area (Å²) in [7, 11) is 0. The first-order valence-corrected chi connectivity index (χ1v) is 7.74. The Balaban J connectivity index is 2.24. The predicted octanol–water partition coefficient (Wildman–Crippen LogP) is 1.86. The summed E-state index contributed by atoms with van der Waals surface area (Å²) in [5.74, 6) is -2.15. The van der Waals surface area contributed by atoms with E-state index in [9.17, 15) is 14.4 Å². The number of hydrogen-bond donors (Lipinski definition) is 1. The van der Waals surface area contributed by atoms with E-state index in [1.807, 2.05) is 0 Å². The SMILES string of the molecule is CCOC(=O)/C(NC(=O)c1ccncc1)=C(/C)OC(=O)c1ccncc1. The second-order valence-corrected chi connectivity index (χ2v) is 4.97. The number of nitrogens with zero attached hydrogens (tertiary/aromatic N) is 2. The molecule has 2 aromatic heterocycles. The quantitative estimate of drug-likeness (QED) is 0.479. The zero-order valence-electron chi connectivity index (χ0n) is 14.3. The highest BCUT2D eigenvalue weighted by atomic mass is 16.5. The highest BCUT2D eigenvalue weighted by Crippen LogP contribution is 2.11. The molecule has 0 saturated heterocycles. The summed E-state index contributed by atoms with van der Waals surface area (Å²) in [6.07, 6.45) is 5.76. The molecule has 0 spiro atoms. The first kappa shape index (κ1) is 18.8. The maximum atomic E-state index is 12.3. The van der Waals surface area contributed by atoms with Crippen molar-refractivity contribution in [3.05, 3.63) is 71.6 Å². The number of ether oxygens (including phenoxy) is 2. The van der Waals surface area contributed by atoms with Crippen molar-refractivity contribution in [3.8, 4) is 0 Å². The third-order valence-electron chi connectivity index (χ3n) is 3.17. The number of amides is 1. The molecule has 0 unspecified atom stereocenters. The minimum atomic E-state index is -0.810. The van der Waals surface area contributed by atoms with Crippen LogP contribution in [0.1, 0.15) is 34.6 Å². The van der Waals surface area contributed by atoms with Gasteiger partial charge in [0.2, 0.25) is 0 Å². The van der Waals surface area contributed by atoms with E-state index in [1.54, 1.807) is 6.92 Å². The van der Waals surface area contributed by atoms with Gasteiger partial charge in [-0.2, -0.15) is 0 Å². The third kappa shape index (κ3) is 4.97. The normalized spacial score (nSPS) is 11.2. The van der Waals surface area contributed by atoms with Crippen LogP contribution in [0.2, 0.25) is 0 Å². The van der Waals surface area contributed by atoms with Crippen LogP contribution in [0.5, 0.6) is 0 Å². The Labute approximate surface area is 149 Å². The summed E-state index contributed by atoms with van der Waals surface area (Å²) in [5, 5.41) is 2.42. The molecule has 2 rings (SSSR count). The number of allylic oxidation sites excluding steroid dienone is 1. The van der Waals surface area contributed by atoms with Crippen molar-refractivity contribution in [1.29, 1.82) is 0 Å². The molecule has 1 N–H and O–H groups in total. The van der Waals surface area contributed by atoms with Crippen LogP contribution < -0.4 is 5.32 Å². The lowest BCUT2D eigenvalue weighted by Crippen LogP contribution is -2.30. The Kier molecular flexibility index (Phi) is 6.55. The Hall–Kier alpha value is -3.55. The predicted molar refractivity (Wildman–Crippen MR) is 90.7 cm³/mol. The minimum Gasteiger partial charge on any atom is -0.461 e. The minimum absolute atomic E-state index is 0.0901. The van der Waals surface area contributed by atoms with Crippen molar-refractivity contribution in [3.63, 3.8) is 0 Å². The van der Waals surface area contributed by atoms with E-state index in [1.165, 1.54) is 56.0 Å². The molecule has 1 amide bonds. The van der Waals surface area contributed by atoms with Gasteiger partial charge in [-0.25, -0.2) is 9.59 Å². The Bertz CT molecular complexity index is 819. The van der Waals surface area contributed by atoms with Crippen LogP contribution in [-0.4, -0.2) is 34.4 Å². The number of nitrogens with one attached hydrogen (secondary N) is 1. The van der Waals surface area contributed by atoms with Gasteiger partial charge in [-0.15, -0.1) is 0 Å². The lowest BCUT2D eigenvalue weighted by Gasteiger charge is -2.13. The molecule has 0 saturated carbocycles. The molecule has 0 fully saturated rings. The van der Waals surface area contributed by atoms with E-state index in [0.29, 0.717) is 0 Å². The molecular weight excluding hydrogens is 338 g/mol. The third-order valence-corrected chi connectivity index (χ3v) is 3.17. The number of rotatable bonds is 6. The summed E-state index contributed by atoms with van der Waals surface area (Å²) in [4.78, 5) is 44.2. The summed E-state index contributed by atoms with van der Waals surface area (Å²) in [5.41, 5.74) is 0.286. The van der Waals surface area contributed by atoms with E-state index >= 15 is 0 Å². The van der Waals surface area contributed by atoms with Crippen molar-refractivity contribution in [2.24, 2.45) is 0 Å². The van der Waals surface area contributed by atoms with Crippen molar-refractivity contribution < 1.29 is 23.9 Å². The number of esters is 2. The fraction of sp³-hybridized carbons (Fsp3) is 0.167. The zero-order chi connectivity index (χ0) is 18.9. The number of hydrogen-bond acceptors (Lipinski definition) is 7. The Morgan fingerprint density at radius 2 is 1.50 bits per heavy atom. The van der Waals surface area contributed by atoms with E-state index in [0.717, 1.165) is 0 Å². The molecule has 2 heterocycles. The molecule has 0 aliphatic heterocycles. The summed E-state index contributed by atoms with van der Waals surface area (Å²) < 4.78 is 10.1. The van der Waals surface area contributed by atoms with Gasteiger partial charge < -0.3 is 14.8 Å². The maximum absolute atomic E-state index is 12.3. The van der Waals surface area contributed by atoms with Crippen LogP contribution in [0.25, 0.3) is 0 Å². The fourth-order valence-corrected chi connectivity index (χ4v) is 1.91. The molecule has 8 heteroatoms. The molecule has 0 aromatic carbocycles. The lowest BCUT2D eigenvalue weighted by molar-refractivity contribution is -0.139. The maximum Gasteiger partial charge on any atom is 0.358 e. The van der Waals surface area contributed by atoms with Crippen molar-refractivity contribution in [1.82, 2.24) is 15.3 Å². The van der Waals surface area contributed by atoms with Crippen LogP contribution in [-0.2, 0) is 14.3 Å². The van der Waals surface area contributed by atoms with Crippen LogP contribution in [0.3, 0.4) is 0 Å². The van der Waals surface area contributed by atoms with Crippen LogP contribution in [0.15, 0.2) is 60.5 Å². The van der Waals surface area contributed by atoms with Gasteiger partial charge in [-0.3, -0.25) is 14.8 Å². The lowest BCUT2D eigenvalue weighted by atomic mass is 10.2. The molecule has 134 valence electrons. The van der Waals surface area contributed by atoms with Gasteiger partial charge >= 0.3 is 11.9 Å². The molecule has 26 heavy (non-hydrogen) atoms. The fourth-order valence-electron chi connectivity index (χ4n) is 1.91. The van der Waals surface area contributed by atoms with Gasteiger partial charge in [0.25, 0.3) is 5.91 Å². The molecule has 0 aliphatic carbocycles. The van der Waals surface area contributed by atoms with E-state index < -0.39 is 17.8 Å². The molecular formula is C18H17N3O5. The largest absolute Gasteiger partial charge is 0.461 e. The molecule has 0 bridgehead atoms. The molecule has 0 radical (unpaired) electrons. The standard InChI is InChI=1S/C18H17N3O5/c1-3-25-18(24)15(21-16(22)13-4-8-19-9-5-13)12(2)26-17(23)14-6-10-20-11-7-14/h4-11H,3H2,1-2H3,(H,21,22)/b15-12+. The molecule has 2 aromatic rings. The van der Waals surface area contributed by atoms with Gasteiger partial charge in [0.05, 0.1) is 12.2 Å². The molecule has 8 nitrogen and oxygen atoms in total. The zero-order valence-corrected chi connectivity index (χ0v) is 14.3. The number of carbonyl (C=O) groups is 3. The average molecular weight is 355 g/mol. The first-order valence-electron chi connectivity index (χ1n) is 7.74. The monoisotopic (exact) mass is 355 g/mol. The molecule has 0 atom stereocenters. The van der Waals surface area contributed by atoms with Crippen LogP contribution >= 0.6 is 0 Å². The summed E-state index contributed by atoms with van der Waals surface area (Å²) >= 11 is 0. The van der Waals surface area contributed by atoms with Gasteiger partial charge in [-0.1, -0.05) is 0 Å². The van der Waals surface area contributed by atoms with Gasteiger partial charge in [0.15, 0.2) is 5.70 Å². The van der Waals surface area contributed by atoms with Gasteiger partial charge in [0, 0.05) is 30.4 Å². The topological polar surface area (TPSA) is 107 Å². The smallest absolute Gasteiger partial charge is 0.358 e. The highest BCUT2D eigenvalue weighted by Gasteiger charge is 2.21. The number of pyridine rings is 2. The summed E-state index contributed by atoms with van der Waals surface area (Å²) in [6, 6.07) is 5.90. The van der Waals surface area contributed by atoms with E-state index in [4.69, 9.17) is 9.47 Å². The Morgan fingerprint density at radius 1 is 0.962 bits per heavy atom. The molecule has 0 aliphatic rings. The van der Waals surface area contributed by atoms with Gasteiger partial charge in [-0.05, 0) is 38.1 Å². The van der Waals surface area contributed by atoms with E-state index in [2.05, 4.69) is 15.3 Å². The first-order chi connectivity index (χ1) is 12.5. The average Bonchev–Trinajstić information content (AvgIpc) is 2.67. The van der Waals surface area contributed by atoms with E-state index in [-0.39, 0.29) is 29.2 Å². The Morgan fingerprint density at radius 3 is 2.04 bits per heavy atom. The van der Waals surface area contributed by atoms with Crippen LogP contribution in [0.4, 0.5) is 0 Å². The number of carbonyl (C=O) groups excluding carboxylic acids is 3. The van der Waals surface area contributed by atoms with Gasteiger partial charge in [0.1, 0.15) is 5.76 Å². The highest BCUT2D eigenvalue weighted by molar-refractivity contribution is 6.01. The van der Waals surface area contributed by atoms with Crippen molar-refractivity contribution >= 4 is 17.8 Å². The van der Waals surface area contributed by atoms with Crippen molar-refractivity contribution in [2.75, 3.05) is 6.61 Å². The number of aromatic nitrogens is 2. The van der Waals surface area contributed by atoms with Crippen molar-refractivity contribution in [2.45, 2.75) is 13.8 Å².